The van der Waals surface area contributed by atoms with Gasteiger partial charge in [-0.1, -0.05) is 0 Å². The first kappa shape index (κ1) is 15.9. The van der Waals surface area contributed by atoms with Crippen LogP contribution < -0.4 is 10.0 Å². The molecule has 0 aliphatic rings. The Labute approximate surface area is 114 Å². The summed E-state index contributed by atoms with van der Waals surface area (Å²) >= 11 is 0. The lowest BCUT2D eigenvalue weighted by atomic mass is 10.1. The summed E-state index contributed by atoms with van der Waals surface area (Å²) in [7, 11) is -3.69. The molecular formula is C11H13FN2O5S. The zero-order valence-electron chi connectivity index (χ0n) is 10.7. The molecule has 0 radical (unpaired) electrons. The number of amides is 1. The average molecular weight is 304 g/mol. The van der Waals surface area contributed by atoms with Crippen LogP contribution in [0.2, 0.25) is 0 Å². The molecule has 1 atom stereocenters. The van der Waals surface area contributed by atoms with Gasteiger partial charge in [-0.05, 0) is 25.1 Å². The van der Waals surface area contributed by atoms with E-state index in [-0.39, 0.29) is 11.3 Å². The predicted octanol–water partition coefficient (Wildman–Crippen LogP) is 0.400. The third kappa shape index (κ3) is 4.50. The molecule has 0 aromatic heterocycles. The van der Waals surface area contributed by atoms with Crippen LogP contribution >= 0.6 is 0 Å². The molecule has 0 saturated heterocycles. The third-order valence-electron chi connectivity index (χ3n) is 2.24. The van der Waals surface area contributed by atoms with Crippen LogP contribution in [0.15, 0.2) is 18.2 Å². The van der Waals surface area contributed by atoms with Gasteiger partial charge in [0, 0.05) is 5.56 Å². The maximum atomic E-state index is 13.4. The molecule has 7 nitrogen and oxygen atoms in total. The smallest absolute Gasteiger partial charge is 0.325 e. The molecule has 0 saturated carbocycles. The molecule has 3 N–H and O–H groups in total. The summed E-state index contributed by atoms with van der Waals surface area (Å²) in [5.74, 6) is -2.83. The third-order valence-corrected chi connectivity index (χ3v) is 2.83. The van der Waals surface area contributed by atoms with E-state index < -0.39 is 33.8 Å². The van der Waals surface area contributed by atoms with E-state index in [2.05, 4.69) is 5.32 Å². The quantitative estimate of drug-likeness (QED) is 0.729. The van der Waals surface area contributed by atoms with Crippen molar-refractivity contribution in [3.63, 3.8) is 0 Å². The molecule has 1 amide bonds. The Hall–Kier alpha value is -2.16. The minimum Gasteiger partial charge on any atom is -0.480 e. The number of carboxylic acid groups (broad SMARTS) is 1. The van der Waals surface area contributed by atoms with E-state index in [0.717, 1.165) is 24.5 Å². The van der Waals surface area contributed by atoms with Crippen LogP contribution in [-0.2, 0) is 14.8 Å². The maximum Gasteiger partial charge on any atom is 0.325 e. The van der Waals surface area contributed by atoms with Crippen LogP contribution in [-0.4, -0.2) is 37.7 Å². The van der Waals surface area contributed by atoms with Crippen LogP contribution in [0.4, 0.5) is 10.1 Å². The van der Waals surface area contributed by atoms with Gasteiger partial charge in [0.25, 0.3) is 5.91 Å². The number of carboxylic acids is 1. The zero-order chi connectivity index (χ0) is 15.5. The number of halogens is 1. The normalized spacial score (nSPS) is 12.6. The Morgan fingerprint density at radius 3 is 2.45 bits per heavy atom. The number of rotatable bonds is 5. The SMILES string of the molecule is CC(NC(=O)c1ccc(F)c(NS(C)(=O)=O)c1)C(=O)O. The summed E-state index contributed by atoms with van der Waals surface area (Å²) in [5.41, 5.74) is -0.450. The summed E-state index contributed by atoms with van der Waals surface area (Å²) in [5, 5.41) is 10.8. The summed E-state index contributed by atoms with van der Waals surface area (Å²) < 4.78 is 37.4. The molecule has 0 aliphatic carbocycles. The van der Waals surface area contributed by atoms with Crippen LogP contribution in [0.1, 0.15) is 17.3 Å². The van der Waals surface area contributed by atoms with Crippen LogP contribution in [0.25, 0.3) is 0 Å². The summed E-state index contributed by atoms with van der Waals surface area (Å²) in [6, 6.07) is 1.89. The van der Waals surface area contributed by atoms with Gasteiger partial charge >= 0.3 is 5.97 Å². The van der Waals surface area contributed by atoms with E-state index in [1.165, 1.54) is 6.92 Å². The van der Waals surface area contributed by atoms with E-state index in [4.69, 9.17) is 5.11 Å². The number of carbonyl (C=O) groups excluding carboxylic acids is 1. The van der Waals surface area contributed by atoms with Crippen molar-refractivity contribution in [1.29, 1.82) is 0 Å². The van der Waals surface area contributed by atoms with Gasteiger partial charge in [0.15, 0.2) is 0 Å². The van der Waals surface area contributed by atoms with Crippen LogP contribution in [0.3, 0.4) is 0 Å². The predicted molar refractivity (Wildman–Crippen MR) is 69.4 cm³/mol. The maximum absolute atomic E-state index is 13.4. The summed E-state index contributed by atoms with van der Waals surface area (Å²) in [4.78, 5) is 22.3. The molecule has 110 valence electrons. The van der Waals surface area contributed by atoms with E-state index in [1.807, 2.05) is 4.72 Å². The lowest BCUT2D eigenvalue weighted by molar-refractivity contribution is -0.138. The molecule has 1 aromatic rings. The highest BCUT2D eigenvalue weighted by Crippen LogP contribution is 2.17. The van der Waals surface area contributed by atoms with Crippen molar-refractivity contribution in [2.24, 2.45) is 0 Å². The second-order valence-corrected chi connectivity index (χ2v) is 5.85. The monoisotopic (exact) mass is 304 g/mol. The molecule has 0 heterocycles. The number of nitrogens with one attached hydrogen (secondary N) is 2. The first-order chi connectivity index (χ1) is 9.10. The minimum atomic E-state index is -3.69. The van der Waals surface area contributed by atoms with Gasteiger partial charge in [-0.3, -0.25) is 14.3 Å². The lowest BCUT2D eigenvalue weighted by Gasteiger charge is -2.11. The van der Waals surface area contributed by atoms with Crippen molar-refractivity contribution in [3.05, 3.63) is 29.6 Å². The van der Waals surface area contributed by atoms with Crippen LogP contribution in [0, 0.1) is 5.82 Å². The van der Waals surface area contributed by atoms with Gasteiger partial charge in [-0.15, -0.1) is 0 Å². The van der Waals surface area contributed by atoms with Gasteiger partial charge in [-0.25, -0.2) is 12.8 Å². The fraction of sp³-hybridized carbons (Fsp3) is 0.273. The number of hydrogen-bond acceptors (Lipinski definition) is 4. The summed E-state index contributed by atoms with van der Waals surface area (Å²) in [6.45, 7) is 1.26. The molecular weight excluding hydrogens is 291 g/mol. The lowest BCUT2D eigenvalue weighted by Crippen LogP contribution is -2.38. The largest absolute Gasteiger partial charge is 0.480 e. The molecule has 1 rings (SSSR count). The number of aliphatic carboxylic acids is 1. The molecule has 0 spiro atoms. The fourth-order valence-electron chi connectivity index (χ4n) is 1.29. The number of carbonyl (C=O) groups is 2. The second kappa shape index (κ2) is 5.87. The Balaban J connectivity index is 3.00. The van der Waals surface area contributed by atoms with Gasteiger partial charge in [0.05, 0.1) is 11.9 Å². The Kier molecular flexibility index (Phi) is 4.66. The fourth-order valence-corrected chi connectivity index (χ4v) is 1.84. The molecule has 9 heteroatoms. The van der Waals surface area contributed by atoms with Crippen molar-refractivity contribution >= 4 is 27.6 Å². The van der Waals surface area contributed by atoms with Crippen molar-refractivity contribution in [2.45, 2.75) is 13.0 Å². The van der Waals surface area contributed by atoms with E-state index >= 15 is 0 Å². The number of benzene rings is 1. The molecule has 1 aromatic carbocycles. The van der Waals surface area contributed by atoms with Crippen molar-refractivity contribution in [1.82, 2.24) is 5.32 Å². The Morgan fingerprint density at radius 2 is 1.95 bits per heavy atom. The highest BCUT2D eigenvalue weighted by molar-refractivity contribution is 7.92. The van der Waals surface area contributed by atoms with Gasteiger partial charge < -0.3 is 10.4 Å². The first-order valence-corrected chi connectivity index (χ1v) is 7.30. The topological polar surface area (TPSA) is 113 Å². The highest BCUT2D eigenvalue weighted by Gasteiger charge is 2.17. The molecule has 0 fully saturated rings. The number of hydrogen-bond donors (Lipinski definition) is 3. The molecule has 20 heavy (non-hydrogen) atoms. The average Bonchev–Trinajstić information content (AvgIpc) is 2.29. The minimum absolute atomic E-state index is 0.0642. The number of sulfonamides is 1. The van der Waals surface area contributed by atoms with Crippen molar-refractivity contribution < 1.29 is 27.5 Å². The van der Waals surface area contributed by atoms with E-state index in [0.29, 0.717) is 0 Å². The van der Waals surface area contributed by atoms with Gasteiger partial charge in [-0.2, -0.15) is 0 Å². The highest BCUT2D eigenvalue weighted by atomic mass is 32.2. The van der Waals surface area contributed by atoms with E-state index in [9.17, 15) is 22.4 Å². The van der Waals surface area contributed by atoms with Gasteiger partial charge in [0.1, 0.15) is 11.9 Å². The van der Waals surface area contributed by atoms with E-state index in [1.54, 1.807) is 0 Å². The van der Waals surface area contributed by atoms with Crippen LogP contribution in [0.5, 0.6) is 0 Å². The first-order valence-electron chi connectivity index (χ1n) is 5.41. The van der Waals surface area contributed by atoms with Crippen molar-refractivity contribution in [2.75, 3.05) is 11.0 Å². The number of anilines is 1. The molecule has 1 unspecified atom stereocenters. The molecule has 0 bridgehead atoms. The summed E-state index contributed by atoms with van der Waals surface area (Å²) in [6.07, 6.45) is 0.839. The second-order valence-electron chi connectivity index (χ2n) is 4.10. The van der Waals surface area contributed by atoms with Crippen molar-refractivity contribution in [3.8, 4) is 0 Å². The zero-order valence-corrected chi connectivity index (χ0v) is 11.5. The molecule has 0 aliphatic heterocycles. The Morgan fingerprint density at radius 1 is 1.35 bits per heavy atom. The van der Waals surface area contributed by atoms with Gasteiger partial charge in [0.2, 0.25) is 10.0 Å². The standard InChI is InChI=1S/C11H13FN2O5S/c1-6(11(16)17)13-10(15)7-3-4-8(12)9(5-7)14-20(2,18)19/h3-6,14H,1-2H3,(H,13,15)(H,16,17). The Bertz CT molecular complexity index is 644.